The van der Waals surface area contributed by atoms with Gasteiger partial charge in [-0.25, -0.2) is 0 Å². The van der Waals surface area contributed by atoms with E-state index in [9.17, 15) is 0 Å². The highest BCUT2D eigenvalue weighted by Crippen LogP contribution is 2.38. The molecule has 1 saturated carbocycles. The van der Waals surface area contributed by atoms with Crippen molar-refractivity contribution in [3.63, 3.8) is 0 Å². The highest BCUT2D eigenvalue weighted by Gasteiger charge is 2.33. The van der Waals surface area contributed by atoms with E-state index in [-0.39, 0.29) is 6.10 Å². The van der Waals surface area contributed by atoms with Crippen LogP contribution in [0.3, 0.4) is 0 Å². The SMILES string of the molecule is CC1CCC(C(C)C)C(OC(CI)c2cccc(Cl)c2)C1. The van der Waals surface area contributed by atoms with Gasteiger partial charge in [0.2, 0.25) is 0 Å². The monoisotopic (exact) mass is 420 g/mol. The zero-order chi connectivity index (χ0) is 15.4. The summed E-state index contributed by atoms with van der Waals surface area (Å²) in [5.41, 5.74) is 1.21. The van der Waals surface area contributed by atoms with E-state index in [1.54, 1.807) is 0 Å². The van der Waals surface area contributed by atoms with Gasteiger partial charge >= 0.3 is 0 Å². The van der Waals surface area contributed by atoms with E-state index >= 15 is 0 Å². The predicted octanol–water partition coefficient (Wildman–Crippen LogP) is 6.29. The van der Waals surface area contributed by atoms with Crippen molar-refractivity contribution in [1.82, 2.24) is 0 Å². The fourth-order valence-electron chi connectivity index (χ4n) is 3.39. The summed E-state index contributed by atoms with van der Waals surface area (Å²) in [5.74, 6) is 2.15. The molecule has 4 unspecified atom stereocenters. The molecule has 0 radical (unpaired) electrons. The summed E-state index contributed by atoms with van der Waals surface area (Å²) >= 11 is 8.56. The lowest BCUT2D eigenvalue weighted by molar-refractivity contribution is -0.0727. The van der Waals surface area contributed by atoms with E-state index in [4.69, 9.17) is 16.3 Å². The predicted molar refractivity (Wildman–Crippen MR) is 99.3 cm³/mol. The number of benzene rings is 1. The lowest BCUT2D eigenvalue weighted by Crippen LogP contribution is -2.35. The molecule has 1 nitrogen and oxygen atoms in total. The van der Waals surface area contributed by atoms with Crippen molar-refractivity contribution < 1.29 is 4.74 Å². The van der Waals surface area contributed by atoms with E-state index in [1.165, 1.54) is 24.8 Å². The van der Waals surface area contributed by atoms with Crippen LogP contribution in [0, 0.1) is 17.8 Å². The Morgan fingerprint density at radius 3 is 2.71 bits per heavy atom. The fourth-order valence-corrected chi connectivity index (χ4v) is 4.31. The van der Waals surface area contributed by atoms with Crippen LogP contribution >= 0.6 is 34.2 Å². The number of alkyl halides is 1. The summed E-state index contributed by atoms with van der Waals surface area (Å²) in [6, 6.07) is 8.12. The maximum atomic E-state index is 6.56. The lowest BCUT2D eigenvalue weighted by atomic mass is 9.75. The second-order valence-electron chi connectivity index (χ2n) is 6.70. The van der Waals surface area contributed by atoms with Gasteiger partial charge in [-0.15, -0.1) is 0 Å². The molecule has 4 atom stereocenters. The topological polar surface area (TPSA) is 9.23 Å². The van der Waals surface area contributed by atoms with E-state index < -0.39 is 0 Å². The van der Waals surface area contributed by atoms with Gasteiger partial charge in [-0.1, -0.05) is 73.5 Å². The van der Waals surface area contributed by atoms with Gasteiger partial charge in [0.1, 0.15) is 0 Å². The molecule has 21 heavy (non-hydrogen) atoms. The van der Waals surface area contributed by atoms with Crippen LogP contribution in [-0.4, -0.2) is 10.5 Å². The Morgan fingerprint density at radius 2 is 2.10 bits per heavy atom. The molecular weight excluding hydrogens is 395 g/mol. The summed E-state index contributed by atoms with van der Waals surface area (Å²) in [7, 11) is 0. The summed E-state index contributed by atoms with van der Waals surface area (Å²) < 4.78 is 7.53. The maximum Gasteiger partial charge on any atom is 0.0918 e. The molecule has 1 aliphatic carbocycles. The zero-order valence-electron chi connectivity index (χ0n) is 13.2. The summed E-state index contributed by atoms with van der Waals surface area (Å²) in [4.78, 5) is 0. The lowest BCUT2D eigenvalue weighted by Gasteiger charge is -2.39. The molecule has 0 amide bonds. The van der Waals surface area contributed by atoms with E-state index in [0.717, 1.165) is 15.4 Å². The standard InChI is InChI=1S/C18H26ClIO/c1-12(2)16-8-7-13(3)9-17(16)21-18(11-20)14-5-4-6-15(19)10-14/h4-6,10,12-13,16-18H,7-9,11H2,1-3H3. The average Bonchev–Trinajstić information content (AvgIpc) is 2.44. The van der Waals surface area contributed by atoms with E-state index in [2.05, 4.69) is 49.4 Å². The van der Waals surface area contributed by atoms with Crippen LogP contribution in [0.2, 0.25) is 5.02 Å². The Kier molecular flexibility index (Phi) is 6.82. The maximum absolute atomic E-state index is 6.56. The third kappa shape index (κ3) is 4.84. The Hall–Kier alpha value is 0.200. The molecule has 3 heteroatoms. The van der Waals surface area contributed by atoms with Crippen LogP contribution in [-0.2, 0) is 4.74 Å². The molecule has 1 aromatic carbocycles. The first-order chi connectivity index (χ1) is 10.0. The minimum atomic E-state index is 0.154. The molecule has 0 heterocycles. The van der Waals surface area contributed by atoms with Crippen LogP contribution in [0.15, 0.2) is 24.3 Å². The van der Waals surface area contributed by atoms with Crippen LogP contribution in [0.1, 0.15) is 51.7 Å². The van der Waals surface area contributed by atoms with Gasteiger partial charge in [-0.2, -0.15) is 0 Å². The molecule has 0 N–H and O–H groups in total. The molecule has 0 aliphatic heterocycles. The fraction of sp³-hybridized carbons (Fsp3) is 0.667. The molecule has 0 spiro atoms. The van der Waals surface area contributed by atoms with Crippen molar-refractivity contribution in [3.05, 3.63) is 34.9 Å². The van der Waals surface area contributed by atoms with Crippen molar-refractivity contribution in [2.75, 3.05) is 4.43 Å². The molecule has 2 rings (SSSR count). The van der Waals surface area contributed by atoms with E-state index in [0.29, 0.717) is 17.9 Å². The van der Waals surface area contributed by atoms with Gasteiger partial charge in [-0.3, -0.25) is 0 Å². The summed E-state index contributed by atoms with van der Waals surface area (Å²) in [6.45, 7) is 7.01. The van der Waals surface area contributed by atoms with Crippen LogP contribution in [0.25, 0.3) is 0 Å². The molecule has 1 aromatic rings. The number of hydrogen-bond acceptors (Lipinski definition) is 1. The number of ether oxygens (including phenoxy) is 1. The van der Waals surface area contributed by atoms with E-state index in [1.807, 2.05) is 18.2 Å². The van der Waals surface area contributed by atoms with Gasteiger partial charge in [-0.05, 0) is 48.3 Å². The van der Waals surface area contributed by atoms with Gasteiger partial charge in [0.15, 0.2) is 0 Å². The van der Waals surface area contributed by atoms with Gasteiger partial charge in [0, 0.05) is 9.45 Å². The summed E-state index contributed by atoms with van der Waals surface area (Å²) in [6.07, 6.45) is 4.37. The minimum absolute atomic E-state index is 0.154. The molecule has 118 valence electrons. The van der Waals surface area contributed by atoms with Crippen LogP contribution < -0.4 is 0 Å². The quantitative estimate of drug-likeness (QED) is 0.401. The van der Waals surface area contributed by atoms with Crippen molar-refractivity contribution in [3.8, 4) is 0 Å². The number of hydrogen-bond donors (Lipinski definition) is 0. The minimum Gasteiger partial charge on any atom is -0.369 e. The van der Waals surface area contributed by atoms with Gasteiger partial charge < -0.3 is 4.74 Å². The summed E-state index contributed by atoms with van der Waals surface area (Å²) in [5, 5.41) is 0.795. The largest absolute Gasteiger partial charge is 0.369 e. The molecule has 1 fully saturated rings. The van der Waals surface area contributed by atoms with Crippen LogP contribution in [0.4, 0.5) is 0 Å². The van der Waals surface area contributed by atoms with Crippen molar-refractivity contribution in [1.29, 1.82) is 0 Å². The molecular formula is C18H26ClIO. The Balaban J connectivity index is 2.11. The van der Waals surface area contributed by atoms with Crippen molar-refractivity contribution in [2.45, 2.75) is 52.2 Å². The average molecular weight is 421 g/mol. The Labute approximate surface area is 147 Å². The molecule has 0 aromatic heterocycles. The van der Waals surface area contributed by atoms with Crippen molar-refractivity contribution in [2.24, 2.45) is 17.8 Å². The van der Waals surface area contributed by atoms with Gasteiger partial charge in [0.05, 0.1) is 12.2 Å². The zero-order valence-corrected chi connectivity index (χ0v) is 16.1. The first kappa shape index (κ1) is 17.6. The Bertz CT molecular complexity index is 449. The molecule has 0 bridgehead atoms. The molecule has 1 aliphatic rings. The first-order valence-electron chi connectivity index (χ1n) is 7.98. The first-order valence-corrected chi connectivity index (χ1v) is 9.88. The Morgan fingerprint density at radius 1 is 1.33 bits per heavy atom. The third-order valence-electron chi connectivity index (χ3n) is 4.66. The highest BCUT2D eigenvalue weighted by molar-refractivity contribution is 14.1. The second-order valence-corrected chi connectivity index (χ2v) is 8.02. The van der Waals surface area contributed by atoms with Crippen LogP contribution in [0.5, 0.6) is 0 Å². The number of halogens is 2. The van der Waals surface area contributed by atoms with Crippen molar-refractivity contribution >= 4 is 34.2 Å². The van der Waals surface area contributed by atoms with Gasteiger partial charge in [0.25, 0.3) is 0 Å². The normalized spacial score (nSPS) is 27.8. The smallest absolute Gasteiger partial charge is 0.0918 e. The third-order valence-corrected chi connectivity index (χ3v) is 5.70. The highest BCUT2D eigenvalue weighted by atomic mass is 127. The molecule has 0 saturated heterocycles. The number of rotatable bonds is 5. The second kappa shape index (κ2) is 8.16.